The van der Waals surface area contributed by atoms with Gasteiger partial charge in [0.05, 0.1) is 5.60 Å². The molecule has 94 valence electrons. The number of aliphatic hydroxyl groups is 1. The summed E-state index contributed by atoms with van der Waals surface area (Å²) in [6, 6.07) is 5.88. The molecule has 1 aromatic carbocycles. The summed E-state index contributed by atoms with van der Waals surface area (Å²) < 4.78 is 0. The first kappa shape index (κ1) is 12.4. The number of rotatable bonds is 3. The summed E-state index contributed by atoms with van der Waals surface area (Å²) in [7, 11) is 0. The van der Waals surface area contributed by atoms with Gasteiger partial charge in [0.1, 0.15) is 5.75 Å². The summed E-state index contributed by atoms with van der Waals surface area (Å²) in [5.41, 5.74) is 1.80. The Morgan fingerprint density at radius 3 is 2.88 bits per heavy atom. The van der Waals surface area contributed by atoms with Crippen LogP contribution in [0.1, 0.15) is 43.9 Å². The molecular weight excluding hydrogens is 214 g/mol. The average molecular weight is 235 g/mol. The van der Waals surface area contributed by atoms with Crippen LogP contribution in [0.5, 0.6) is 5.75 Å². The Kier molecular flexibility index (Phi) is 3.40. The second kappa shape index (κ2) is 4.67. The summed E-state index contributed by atoms with van der Waals surface area (Å²) in [6.07, 6.45) is 3.25. The number of phenolic OH excluding ortho intramolecular Hbond substituents is 1. The zero-order chi connectivity index (χ0) is 12.5. The van der Waals surface area contributed by atoms with Crippen molar-refractivity contribution in [2.45, 2.75) is 44.8 Å². The molecule has 1 aliphatic carbocycles. The fourth-order valence-corrected chi connectivity index (χ4v) is 2.39. The van der Waals surface area contributed by atoms with Crippen LogP contribution in [-0.4, -0.2) is 22.4 Å². The van der Waals surface area contributed by atoms with Gasteiger partial charge in [-0.05, 0) is 56.4 Å². The van der Waals surface area contributed by atoms with Crippen molar-refractivity contribution in [1.82, 2.24) is 5.32 Å². The largest absolute Gasteiger partial charge is 0.508 e. The third-order valence-corrected chi connectivity index (χ3v) is 3.22. The van der Waals surface area contributed by atoms with Crippen LogP contribution < -0.4 is 5.32 Å². The SMILES string of the molecule is CC(C)(O)CNC1CCCc2cc(O)ccc21. The Morgan fingerprint density at radius 1 is 1.41 bits per heavy atom. The smallest absolute Gasteiger partial charge is 0.115 e. The van der Waals surface area contributed by atoms with E-state index in [1.807, 2.05) is 12.1 Å². The molecule has 1 unspecified atom stereocenters. The number of fused-ring (bicyclic) bond motifs is 1. The number of hydrogen-bond acceptors (Lipinski definition) is 3. The van der Waals surface area contributed by atoms with E-state index in [0.29, 0.717) is 18.3 Å². The van der Waals surface area contributed by atoms with Crippen LogP contribution in [0.15, 0.2) is 18.2 Å². The van der Waals surface area contributed by atoms with Crippen molar-refractivity contribution in [2.75, 3.05) is 6.54 Å². The molecule has 0 fully saturated rings. The molecule has 2 rings (SSSR count). The van der Waals surface area contributed by atoms with Gasteiger partial charge in [0.25, 0.3) is 0 Å². The van der Waals surface area contributed by atoms with E-state index in [1.165, 1.54) is 11.1 Å². The lowest BCUT2D eigenvalue weighted by Gasteiger charge is -2.29. The van der Waals surface area contributed by atoms with Crippen LogP contribution in [0.25, 0.3) is 0 Å². The van der Waals surface area contributed by atoms with Crippen LogP contribution in [0.2, 0.25) is 0 Å². The molecule has 1 atom stereocenters. The van der Waals surface area contributed by atoms with E-state index < -0.39 is 5.60 Å². The Hall–Kier alpha value is -1.06. The second-order valence-electron chi connectivity index (χ2n) is 5.52. The zero-order valence-corrected chi connectivity index (χ0v) is 10.5. The summed E-state index contributed by atoms with van der Waals surface area (Å²) in [5.74, 6) is 0.340. The summed E-state index contributed by atoms with van der Waals surface area (Å²) >= 11 is 0. The van der Waals surface area contributed by atoms with Gasteiger partial charge in [-0.15, -0.1) is 0 Å². The van der Waals surface area contributed by atoms with Crippen LogP contribution >= 0.6 is 0 Å². The first-order chi connectivity index (χ1) is 7.96. The first-order valence-electron chi connectivity index (χ1n) is 6.23. The number of hydrogen-bond donors (Lipinski definition) is 3. The van der Waals surface area contributed by atoms with Gasteiger partial charge in [0.15, 0.2) is 0 Å². The lowest BCUT2D eigenvalue weighted by atomic mass is 9.87. The highest BCUT2D eigenvalue weighted by molar-refractivity contribution is 5.38. The molecule has 0 saturated carbocycles. The third kappa shape index (κ3) is 3.20. The molecule has 3 nitrogen and oxygen atoms in total. The standard InChI is InChI=1S/C14H21NO2/c1-14(2,17)9-15-13-5-3-4-10-8-11(16)6-7-12(10)13/h6-8,13,15-17H,3-5,9H2,1-2H3. The van der Waals surface area contributed by atoms with Gasteiger partial charge in [-0.2, -0.15) is 0 Å². The van der Waals surface area contributed by atoms with Gasteiger partial charge in [-0.1, -0.05) is 6.07 Å². The Labute approximate surface area is 102 Å². The molecule has 0 aromatic heterocycles. The molecule has 17 heavy (non-hydrogen) atoms. The van der Waals surface area contributed by atoms with E-state index in [-0.39, 0.29) is 0 Å². The quantitative estimate of drug-likeness (QED) is 0.752. The van der Waals surface area contributed by atoms with E-state index in [1.54, 1.807) is 19.9 Å². The van der Waals surface area contributed by atoms with Gasteiger partial charge >= 0.3 is 0 Å². The van der Waals surface area contributed by atoms with Crippen molar-refractivity contribution in [3.8, 4) is 5.75 Å². The van der Waals surface area contributed by atoms with Crippen LogP contribution in [0, 0.1) is 0 Å². The highest BCUT2D eigenvalue weighted by Gasteiger charge is 2.22. The average Bonchev–Trinajstić information content (AvgIpc) is 2.24. The summed E-state index contributed by atoms with van der Waals surface area (Å²) in [4.78, 5) is 0. The van der Waals surface area contributed by atoms with Crippen molar-refractivity contribution in [3.63, 3.8) is 0 Å². The number of nitrogens with one attached hydrogen (secondary N) is 1. The predicted octanol–water partition coefficient (Wildman–Crippen LogP) is 2.13. The summed E-state index contributed by atoms with van der Waals surface area (Å²) in [6.45, 7) is 4.19. The molecule has 0 bridgehead atoms. The first-order valence-corrected chi connectivity index (χ1v) is 6.23. The third-order valence-electron chi connectivity index (χ3n) is 3.22. The maximum Gasteiger partial charge on any atom is 0.115 e. The van der Waals surface area contributed by atoms with Crippen LogP contribution in [0.4, 0.5) is 0 Å². The molecule has 0 aliphatic heterocycles. The topological polar surface area (TPSA) is 52.5 Å². The molecule has 3 heteroatoms. The Bertz CT molecular complexity index is 396. The van der Waals surface area contributed by atoms with Gasteiger partial charge < -0.3 is 15.5 Å². The van der Waals surface area contributed by atoms with E-state index in [0.717, 1.165) is 19.3 Å². The molecule has 0 radical (unpaired) electrons. The molecule has 3 N–H and O–H groups in total. The lowest BCUT2D eigenvalue weighted by Crippen LogP contribution is -2.37. The molecule has 0 amide bonds. The Balaban J connectivity index is 2.12. The lowest BCUT2D eigenvalue weighted by molar-refractivity contribution is 0.0756. The van der Waals surface area contributed by atoms with E-state index >= 15 is 0 Å². The van der Waals surface area contributed by atoms with Gasteiger partial charge in [-0.3, -0.25) is 0 Å². The molecule has 1 aromatic rings. The number of aromatic hydroxyl groups is 1. The van der Waals surface area contributed by atoms with E-state index in [4.69, 9.17) is 0 Å². The van der Waals surface area contributed by atoms with Crippen LogP contribution in [-0.2, 0) is 6.42 Å². The van der Waals surface area contributed by atoms with E-state index in [9.17, 15) is 10.2 Å². The summed E-state index contributed by atoms with van der Waals surface area (Å²) in [5, 5.41) is 22.6. The number of benzene rings is 1. The van der Waals surface area contributed by atoms with Crippen LogP contribution in [0.3, 0.4) is 0 Å². The van der Waals surface area contributed by atoms with Gasteiger partial charge in [0.2, 0.25) is 0 Å². The van der Waals surface area contributed by atoms with Crippen molar-refractivity contribution in [1.29, 1.82) is 0 Å². The fourth-order valence-electron chi connectivity index (χ4n) is 2.39. The molecule has 0 heterocycles. The number of aryl methyl sites for hydroxylation is 1. The van der Waals surface area contributed by atoms with Crippen molar-refractivity contribution in [3.05, 3.63) is 29.3 Å². The minimum atomic E-state index is -0.686. The monoisotopic (exact) mass is 235 g/mol. The minimum absolute atomic E-state index is 0.297. The minimum Gasteiger partial charge on any atom is -0.508 e. The normalized spacial score (nSPS) is 20.1. The highest BCUT2D eigenvalue weighted by atomic mass is 16.3. The zero-order valence-electron chi connectivity index (χ0n) is 10.5. The van der Waals surface area contributed by atoms with Crippen molar-refractivity contribution >= 4 is 0 Å². The maximum absolute atomic E-state index is 9.74. The predicted molar refractivity (Wildman–Crippen MR) is 68.1 cm³/mol. The fraction of sp³-hybridized carbons (Fsp3) is 0.571. The molecule has 0 saturated heterocycles. The Morgan fingerprint density at radius 2 is 2.18 bits per heavy atom. The van der Waals surface area contributed by atoms with Gasteiger partial charge in [-0.25, -0.2) is 0 Å². The van der Waals surface area contributed by atoms with E-state index in [2.05, 4.69) is 5.32 Å². The second-order valence-corrected chi connectivity index (χ2v) is 5.52. The molecule has 1 aliphatic rings. The molecular formula is C14H21NO2. The van der Waals surface area contributed by atoms with Crippen molar-refractivity contribution < 1.29 is 10.2 Å². The molecule has 0 spiro atoms. The van der Waals surface area contributed by atoms with Gasteiger partial charge in [0, 0.05) is 12.6 Å². The maximum atomic E-state index is 9.74. The number of phenols is 1. The van der Waals surface area contributed by atoms with Crippen molar-refractivity contribution in [2.24, 2.45) is 0 Å². The highest BCUT2D eigenvalue weighted by Crippen LogP contribution is 2.31.